The van der Waals surface area contributed by atoms with Crippen LogP contribution in [0.25, 0.3) is 0 Å². The molecule has 1 aromatic carbocycles. The topological polar surface area (TPSA) is 12.0 Å². The first-order valence-corrected chi connectivity index (χ1v) is 8.26. The van der Waals surface area contributed by atoms with Crippen molar-refractivity contribution in [1.29, 1.82) is 0 Å². The molecule has 2 rings (SSSR count). The van der Waals surface area contributed by atoms with Crippen LogP contribution in [0.5, 0.6) is 0 Å². The summed E-state index contributed by atoms with van der Waals surface area (Å²) < 4.78 is 0. The summed E-state index contributed by atoms with van der Waals surface area (Å²) in [5.41, 5.74) is 2.91. The van der Waals surface area contributed by atoms with Gasteiger partial charge in [0.25, 0.3) is 0 Å². The maximum Gasteiger partial charge on any atom is 0.0187 e. The summed E-state index contributed by atoms with van der Waals surface area (Å²) in [6.07, 6.45) is 5.73. The van der Waals surface area contributed by atoms with Gasteiger partial charge in [0.05, 0.1) is 0 Å². The summed E-state index contributed by atoms with van der Waals surface area (Å²) in [7, 11) is 2.12. The Morgan fingerprint density at radius 2 is 2.00 bits per heavy atom. The summed E-state index contributed by atoms with van der Waals surface area (Å²) >= 11 is 2.08. The fourth-order valence-corrected chi connectivity index (χ4v) is 4.24. The highest BCUT2D eigenvalue weighted by Gasteiger charge is 2.23. The fraction of sp³-hybridized carbons (Fsp3) is 0.625. The summed E-state index contributed by atoms with van der Waals surface area (Å²) in [4.78, 5) is 0. The lowest BCUT2D eigenvalue weighted by atomic mass is 10.0. The summed E-state index contributed by atoms with van der Waals surface area (Å²) in [5, 5.41) is 3.52. The van der Waals surface area contributed by atoms with Crippen LogP contribution in [0.3, 0.4) is 0 Å². The van der Waals surface area contributed by atoms with Gasteiger partial charge in [-0.15, -0.1) is 0 Å². The van der Waals surface area contributed by atoms with Crippen molar-refractivity contribution < 1.29 is 0 Å². The number of nitrogens with one attached hydrogen (secondary N) is 1. The zero-order valence-corrected chi connectivity index (χ0v) is 12.4. The van der Waals surface area contributed by atoms with Crippen LogP contribution in [0.2, 0.25) is 0 Å². The zero-order valence-electron chi connectivity index (χ0n) is 11.6. The molecular formula is C16H25NS. The number of hydrogen-bond donors (Lipinski definition) is 1. The molecule has 2 heteroatoms. The van der Waals surface area contributed by atoms with Crippen molar-refractivity contribution in [3.63, 3.8) is 0 Å². The molecule has 100 valence electrons. The molecule has 0 aromatic heterocycles. The van der Waals surface area contributed by atoms with Crippen LogP contribution in [0.4, 0.5) is 0 Å². The van der Waals surface area contributed by atoms with Crippen molar-refractivity contribution >= 4 is 11.8 Å². The predicted molar refractivity (Wildman–Crippen MR) is 82.1 cm³/mol. The van der Waals surface area contributed by atoms with Gasteiger partial charge in [-0.2, -0.15) is 11.8 Å². The highest BCUT2D eigenvalue weighted by atomic mass is 32.2. The van der Waals surface area contributed by atoms with Gasteiger partial charge in [-0.25, -0.2) is 0 Å². The standard InChI is InChI=1S/C16H25NS/c1-13-7-3-4-10-15(13)11-18-12-16(17-2)14-8-5-6-9-14/h3-4,7,10,14,16-17H,5-6,8-9,11-12H2,1-2H3. The SMILES string of the molecule is CNC(CSCc1ccccc1C)C1CCCC1. The maximum absolute atomic E-state index is 3.52. The minimum absolute atomic E-state index is 0.710. The molecular weight excluding hydrogens is 238 g/mol. The van der Waals surface area contributed by atoms with E-state index in [9.17, 15) is 0 Å². The van der Waals surface area contributed by atoms with Crippen LogP contribution in [-0.2, 0) is 5.75 Å². The van der Waals surface area contributed by atoms with E-state index in [2.05, 4.69) is 55.3 Å². The lowest BCUT2D eigenvalue weighted by molar-refractivity contribution is 0.410. The average Bonchev–Trinajstić information content (AvgIpc) is 2.90. The molecule has 1 aromatic rings. The molecule has 0 radical (unpaired) electrons. The smallest absolute Gasteiger partial charge is 0.0187 e. The summed E-state index contributed by atoms with van der Waals surface area (Å²) in [6.45, 7) is 2.21. The third kappa shape index (κ3) is 3.76. The van der Waals surface area contributed by atoms with Crippen LogP contribution < -0.4 is 5.32 Å². The van der Waals surface area contributed by atoms with E-state index in [4.69, 9.17) is 0 Å². The fourth-order valence-electron chi connectivity index (χ4n) is 2.88. The van der Waals surface area contributed by atoms with Crippen molar-refractivity contribution in [1.82, 2.24) is 5.32 Å². The second-order valence-electron chi connectivity index (χ2n) is 5.38. The van der Waals surface area contributed by atoms with Crippen LogP contribution in [0, 0.1) is 12.8 Å². The maximum atomic E-state index is 3.52. The van der Waals surface area contributed by atoms with E-state index in [1.165, 1.54) is 42.6 Å². The number of benzene rings is 1. The molecule has 0 amide bonds. The number of aryl methyl sites for hydroxylation is 1. The van der Waals surface area contributed by atoms with Crippen molar-refractivity contribution in [2.75, 3.05) is 12.8 Å². The second-order valence-corrected chi connectivity index (χ2v) is 6.41. The van der Waals surface area contributed by atoms with Crippen LogP contribution in [-0.4, -0.2) is 18.8 Å². The Balaban J connectivity index is 1.78. The highest BCUT2D eigenvalue weighted by Crippen LogP contribution is 2.29. The lowest BCUT2D eigenvalue weighted by Crippen LogP contribution is -2.34. The first-order valence-electron chi connectivity index (χ1n) is 7.11. The molecule has 1 fully saturated rings. The third-order valence-corrected chi connectivity index (χ3v) is 5.27. The minimum atomic E-state index is 0.710. The van der Waals surface area contributed by atoms with Crippen molar-refractivity contribution in [2.24, 2.45) is 5.92 Å². The van der Waals surface area contributed by atoms with Gasteiger partial charge in [0.1, 0.15) is 0 Å². The largest absolute Gasteiger partial charge is 0.316 e. The first kappa shape index (κ1) is 14.0. The van der Waals surface area contributed by atoms with E-state index in [0.29, 0.717) is 6.04 Å². The molecule has 1 atom stereocenters. The highest BCUT2D eigenvalue weighted by molar-refractivity contribution is 7.98. The molecule has 1 saturated carbocycles. The van der Waals surface area contributed by atoms with E-state index in [0.717, 1.165) is 11.7 Å². The summed E-state index contributed by atoms with van der Waals surface area (Å²) in [5.74, 6) is 3.31. The predicted octanol–water partition coefficient (Wildman–Crippen LogP) is 4.01. The molecule has 18 heavy (non-hydrogen) atoms. The Morgan fingerprint density at radius 3 is 2.67 bits per heavy atom. The number of rotatable bonds is 6. The molecule has 0 aliphatic heterocycles. The monoisotopic (exact) mass is 263 g/mol. The van der Waals surface area contributed by atoms with Crippen LogP contribution in [0.15, 0.2) is 24.3 Å². The summed E-state index contributed by atoms with van der Waals surface area (Å²) in [6, 6.07) is 9.45. The molecule has 1 N–H and O–H groups in total. The van der Waals surface area contributed by atoms with Crippen LogP contribution in [0.1, 0.15) is 36.8 Å². The zero-order chi connectivity index (χ0) is 12.8. The Bertz CT molecular complexity index is 358. The first-order chi connectivity index (χ1) is 8.81. The molecule has 0 spiro atoms. The van der Waals surface area contributed by atoms with Crippen molar-refractivity contribution in [2.45, 2.75) is 44.4 Å². The van der Waals surface area contributed by atoms with Crippen molar-refractivity contribution in [3.05, 3.63) is 35.4 Å². The lowest BCUT2D eigenvalue weighted by Gasteiger charge is -2.22. The van der Waals surface area contributed by atoms with Gasteiger partial charge < -0.3 is 5.32 Å². The van der Waals surface area contributed by atoms with E-state index < -0.39 is 0 Å². The molecule has 0 bridgehead atoms. The Morgan fingerprint density at radius 1 is 1.28 bits per heavy atom. The van der Waals surface area contributed by atoms with Gasteiger partial charge in [-0.1, -0.05) is 37.1 Å². The molecule has 0 heterocycles. The van der Waals surface area contributed by atoms with Crippen molar-refractivity contribution in [3.8, 4) is 0 Å². The van der Waals surface area contributed by atoms with E-state index in [-0.39, 0.29) is 0 Å². The number of hydrogen-bond acceptors (Lipinski definition) is 2. The van der Waals surface area contributed by atoms with E-state index in [1.54, 1.807) is 0 Å². The normalized spacial score (nSPS) is 18.1. The second kappa shape index (κ2) is 7.20. The molecule has 1 aliphatic rings. The molecule has 1 nitrogen and oxygen atoms in total. The van der Waals surface area contributed by atoms with E-state index in [1.807, 2.05) is 0 Å². The average molecular weight is 263 g/mol. The Labute approximate surface area is 116 Å². The van der Waals surface area contributed by atoms with Gasteiger partial charge in [-0.05, 0) is 43.9 Å². The van der Waals surface area contributed by atoms with Gasteiger partial charge in [0, 0.05) is 17.5 Å². The van der Waals surface area contributed by atoms with Gasteiger partial charge >= 0.3 is 0 Å². The van der Waals surface area contributed by atoms with Gasteiger partial charge in [-0.3, -0.25) is 0 Å². The third-order valence-electron chi connectivity index (χ3n) is 4.16. The van der Waals surface area contributed by atoms with Crippen LogP contribution >= 0.6 is 11.8 Å². The molecule has 1 unspecified atom stereocenters. The quantitative estimate of drug-likeness (QED) is 0.832. The van der Waals surface area contributed by atoms with E-state index >= 15 is 0 Å². The number of thioether (sulfide) groups is 1. The van der Waals surface area contributed by atoms with Gasteiger partial charge in [0.15, 0.2) is 0 Å². The minimum Gasteiger partial charge on any atom is -0.316 e. The molecule has 0 saturated heterocycles. The Hall–Kier alpha value is -0.470. The Kier molecular flexibility index (Phi) is 5.58. The molecule has 1 aliphatic carbocycles. The van der Waals surface area contributed by atoms with Gasteiger partial charge in [0.2, 0.25) is 0 Å².